The molecule has 4 nitrogen and oxygen atoms in total. The second-order valence-electron chi connectivity index (χ2n) is 3.75. The molecule has 2 N–H and O–H groups in total. The van der Waals surface area contributed by atoms with Gasteiger partial charge in [0.2, 0.25) is 0 Å². The Bertz CT molecular complexity index is 251. The van der Waals surface area contributed by atoms with Gasteiger partial charge in [0.15, 0.2) is 0 Å². The lowest BCUT2D eigenvalue weighted by atomic mass is 10.2. The lowest BCUT2D eigenvalue weighted by molar-refractivity contribution is -0.138. The Labute approximate surface area is 102 Å². The molecule has 0 unspecified atom stereocenters. The Balaban J connectivity index is 3.31. The normalized spacial score (nSPS) is 11.3. The number of carboxylic acids is 2. The quantitative estimate of drug-likeness (QED) is 0.454. The Hall–Kier alpha value is -1.58. The largest absolute Gasteiger partial charge is 0.481 e. The summed E-state index contributed by atoms with van der Waals surface area (Å²) in [5.41, 5.74) is 0. The van der Waals surface area contributed by atoms with E-state index in [-0.39, 0.29) is 12.8 Å². The Morgan fingerprint density at radius 2 is 1.18 bits per heavy atom. The lowest BCUT2D eigenvalue weighted by Gasteiger charge is -1.91. The lowest BCUT2D eigenvalue weighted by Crippen LogP contribution is -1.92. The molecule has 0 atom stereocenters. The molecule has 0 heterocycles. The van der Waals surface area contributed by atoms with E-state index in [4.69, 9.17) is 10.2 Å². The average molecular weight is 240 g/mol. The van der Waals surface area contributed by atoms with Crippen molar-refractivity contribution in [1.29, 1.82) is 0 Å². The van der Waals surface area contributed by atoms with Crippen molar-refractivity contribution in [3.8, 4) is 0 Å². The van der Waals surface area contributed by atoms with Gasteiger partial charge in [-0.3, -0.25) is 9.59 Å². The zero-order valence-corrected chi connectivity index (χ0v) is 9.97. The molecule has 17 heavy (non-hydrogen) atoms. The number of carbonyl (C=O) groups is 2. The first-order valence-electron chi connectivity index (χ1n) is 5.86. The number of aliphatic carboxylic acids is 2. The highest BCUT2D eigenvalue weighted by atomic mass is 16.4. The van der Waals surface area contributed by atoms with Crippen LogP contribution >= 0.6 is 0 Å². The Morgan fingerprint density at radius 3 is 1.53 bits per heavy atom. The van der Waals surface area contributed by atoms with Gasteiger partial charge in [-0.15, -0.1) is 0 Å². The van der Waals surface area contributed by atoms with E-state index < -0.39 is 11.9 Å². The van der Waals surface area contributed by atoms with Gasteiger partial charge in [0.25, 0.3) is 0 Å². The second kappa shape index (κ2) is 10.9. The molecule has 0 aliphatic rings. The van der Waals surface area contributed by atoms with Crippen LogP contribution in [0.4, 0.5) is 0 Å². The molecule has 0 aliphatic heterocycles. The zero-order chi connectivity index (χ0) is 12.9. The second-order valence-corrected chi connectivity index (χ2v) is 3.75. The molecule has 0 aromatic carbocycles. The molecule has 0 saturated heterocycles. The molecule has 0 radical (unpaired) electrons. The summed E-state index contributed by atoms with van der Waals surface area (Å²) in [7, 11) is 0. The van der Waals surface area contributed by atoms with E-state index in [9.17, 15) is 9.59 Å². The highest BCUT2D eigenvalue weighted by molar-refractivity contribution is 5.66. The highest BCUT2D eigenvalue weighted by Crippen LogP contribution is 2.00. The van der Waals surface area contributed by atoms with Crippen LogP contribution in [-0.4, -0.2) is 22.2 Å². The minimum absolute atomic E-state index is 0.218. The molecule has 0 aromatic rings. The van der Waals surface area contributed by atoms with Crippen molar-refractivity contribution >= 4 is 11.9 Å². The van der Waals surface area contributed by atoms with E-state index in [1.165, 1.54) is 0 Å². The van der Waals surface area contributed by atoms with Crippen molar-refractivity contribution in [3.63, 3.8) is 0 Å². The number of rotatable bonds is 10. The minimum atomic E-state index is -0.753. The van der Waals surface area contributed by atoms with Crippen LogP contribution in [0.3, 0.4) is 0 Å². The number of carboxylic acid groups (broad SMARTS) is 2. The van der Waals surface area contributed by atoms with Crippen LogP contribution in [0.15, 0.2) is 24.3 Å². The van der Waals surface area contributed by atoms with Crippen LogP contribution in [0, 0.1) is 0 Å². The van der Waals surface area contributed by atoms with Crippen LogP contribution in [0.2, 0.25) is 0 Å². The first kappa shape index (κ1) is 15.4. The molecule has 0 amide bonds. The van der Waals surface area contributed by atoms with Crippen LogP contribution in [0.25, 0.3) is 0 Å². The van der Waals surface area contributed by atoms with Crippen molar-refractivity contribution in [2.45, 2.75) is 44.9 Å². The number of allylic oxidation sites excluding steroid dienone is 4. The van der Waals surface area contributed by atoms with E-state index in [1.54, 1.807) is 0 Å². The van der Waals surface area contributed by atoms with Gasteiger partial charge in [0.1, 0.15) is 0 Å². The molecule has 0 fully saturated rings. The Morgan fingerprint density at radius 1 is 0.765 bits per heavy atom. The molecule has 4 heteroatoms. The molecule has 0 aromatic heterocycles. The van der Waals surface area contributed by atoms with E-state index in [0.717, 1.165) is 19.3 Å². The van der Waals surface area contributed by atoms with Crippen LogP contribution in [0.5, 0.6) is 0 Å². The van der Waals surface area contributed by atoms with Gasteiger partial charge in [-0.25, -0.2) is 0 Å². The summed E-state index contributed by atoms with van der Waals surface area (Å²) in [6, 6.07) is 0. The van der Waals surface area contributed by atoms with E-state index in [0.29, 0.717) is 12.8 Å². The third kappa shape index (κ3) is 14.4. The summed E-state index contributed by atoms with van der Waals surface area (Å²) in [5.74, 6) is -1.51. The molecular formula is C13H20O4. The fraction of sp³-hybridized carbons (Fsp3) is 0.538. The van der Waals surface area contributed by atoms with Gasteiger partial charge in [0.05, 0.1) is 0 Å². The maximum atomic E-state index is 10.2. The first-order chi connectivity index (χ1) is 8.13. The predicted molar refractivity (Wildman–Crippen MR) is 65.9 cm³/mol. The molecule has 0 spiro atoms. The summed E-state index contributed by atoms with van der Waals surface area (Å²) < 4.78 is 0. The third-order valence-electron chi connectivity index (χ3n) is 2.13. The Kier molecular flexibility index (Phi) is 9.91. The van der Waals surface area contributed by atoms with Crippen LogP contribution in [-0.2, 0) is 9.59 Å². The van der Waals surface area contributed by atoms with Gasteiger partial charge in [-0.2, -0.15) is 0 Å². The van der Waals surface area contributed by atoms with E-state index in [1.807, 2.05) is 24.3 Å². The molecule has 0 aliphatic carbocycles. The molecule has 0 rings (SSSR count). The monoisotopic (exact) mass is 240 g/mol. The maximum Gasteiger partial charge on any atom is 0.303 e. The fourth-order valence-electron chi connectivity index (χ4n) is 1.25. The van der Waals surface area contributed by atoms with Crippen molar-refractivity contribution in [2.24, 2.45) is 0 Å². The first-order valence-corrected chi connectivity index (χ1v) is 5.86. The summed E-state index contributed by atoms with van der Waals surface area (Å²) in [5, 5.41) is 16.8. The topological polar surface area (TPSA) is 74.6 Å². The molecule has 96 valence electrons. The average Bonchev–Trinajstić information content (AvgIpc) is 2.25. The number of hydrogen-bond acceptors (Lipinski definition) is 2. The summed E-state index contributed by atoms with van der Waals surface area (Å²) in [6.07, 6.45) is 12.1. The fourth-order valence-corrected chi connectivity index (χ4v) is 1.25. The predicted octanol–water partition coefficient (Wildman–Crippen LogP) is 3.00. The number of hydrogen-bond donors (Lipinski definition) is 2. The summed E-state index contributed by atoms with van der Waals surface area (Å²) in [6.45, 7) is 0. The summed E-state index contributed by atoms with van der Waals surface area (Å²) in [4.78, 5) is 20.4. The third-order valence-corrected chi connectivity index (χ3v) is 2.13. The minimum Gasteiger partial charge on any atom is -0.481 e. The van der Waals surface area contributed by atoms with Gasteiger partial charge in [-0.1, -0.05) is 24.3 Å². The SMILES string of the molecule is O=C(O)CCC/C=C\C/C=C\CCCC(=O)O. The van der Waals surface area contributed by atoms with Gasteiger partial charge >= 0.3 is 11.9 Å². The highest BCUT2D eigenvalue weighted by Gasteiger charge is 1.93. The van der Waals surface area contributed by atoms with Crippen molar-refractivity contribution < 1.29 is 19.8 Å². The number of unbranched alkanes of at least 4 members (excludes halogenated alkanes) is 2. The van der Waals surface area contributed by atoms with Gasteiger partial charge in [0, 0.05) is 12.8 Å². The molecule has 0 saturated carbocycles. The van der Waals surface area contributed by atoms with Crippen LogP contribution in [0.1, 0.15) is 44.9 Å². The van der Waals surface area contributed by atoms with Crippen molar-refractivity contribution in [2.75, 3.05) is 0 Å². The summed E-state index contributed by atoms with van der Waals surface area (Å²) >= 11 is 0. The van der Waals surface area contributed by atoms with Crippen molar-refractivity contribution in [1.82, 2.24) is 0 Å². The van der Waals surface area contributed by atoms with Crippen molar-refractivity contribution in [3.05, 3.63) is 24.3 Å². The van der Waals surface area contributed by atoms with E-state index in [2.05, 4.69) is 0 Å². The van der Waals surface area contributed by atoms with Gasteiger partial charge in [-0.05, 0) is 32.1 Å². The standard InChI is InChI=1S/C13H20O4/c14-12(15)10-8-6-4-2-1-3-5-7-9-11-13(16)17/h2-5H,1,6-11H2,(H,14,15)(H,16,17)/b4-2-,5-3-. The zero-order valence-electron chi connectivity index (χ0n) is 9.97. The maximum absolute atomic E-state index is 10.2. The molecule has 0 bridgehead atoms. The van der Waals surface area contributed by atoms with E-state index >= 15 is 0 Å². The smallest absolute Gasteiger partial charge is 0.303 e. The van der Waals surface area contributed by atoms with Gasteiger partial charge < -0.3 is 10.2 Å². The van der Waals surface area contributed by atoms with Crippen LogP contribution < -0.4 is 0 Å². The molecular weight excluding hydrogens is 220 g/mol.